The van der Waals surface area contributed by atoms with Crippen LogP contribution in [-0.4, -0.2) is 14.7 Å². The van der Waals surface area contributed by atoms with Gasteiger partial charge in [0.2, 0.25) is 0 Å². The Kier molecular flexibility index (Phi) is 3.34. The average Bonchev–Trinajstić information content (AvgIpc) is 2.65. The number of aryl methyl sites for hydroxylation is 2. The zero-order chi connectivity index (χ0) is 13.3. The van der Waals surface area contributed by atoms with Crippen LogP contribution in [0.25, 0.3) is 0 Å². The Labute approximate surface area is 109 Å². The highest BCUT2D eigenvalue weighted by atomic mass is 35.5. The molecule has 0 fully saturated rings. The number of nitro groups is 1. The smallest absolute Gasteiger partial charge is 0.358 e. The van der Waals surface area contributed by atoms with Crippen LogP contribution < -0.4 is 0 Å². The topological polar surface area (TPSA) is 61.0 Å². The first-order valence-electron chi connectivity index (χ1n) is 5.41. The van der Waals surface area contributed by atoms with E-state index in [1.54, 1.807) is 0 Å². The summed E-state index contributed by atoms with van der Waals surface area (Å²) < 4.78 is 1.48. The minimum absolute atomic E-state index is 0.0591. The summed E-state index contributed by atoms with van der Waals surface area (Å²) in [5.74, 6) is -0.305. The Morgan fingerprint density at radius 1 is 1.39 bits per heavy atom. The normalized spacial score (nSPS) is 10.6. The molecule has 18 heavy (non-hydrogen) atoms. The van der Waals surface area contributed by atoms with Crippen molar-refractivity contribution >= 4 is 17.4 Å². The van der Waals surface area contributed by atoms with Crippen LogP contribution in [0.3, 0.4) is 0 Å². The fourth-order valence-electron chi connectivity index (χ4n) is 1.68. The monoisotopic (exact) mass is 265 g/mol. The zero-order valence-electron chi connectivity index (χ0n) is 10.1. The van der Waals surface area contributed by atoms with E-state index >= 15 is 0 Å². The maximum absolute atomic E-state index is 10.6. The molecule has 0 saturated carbocycles. The van der Waals surface area contributed by atoms with E-state index in [9.17, 15) is 10.1 Å². The maximum atomic E-state index is 10.6. The fourth-order valence-corrected chi connectivity index (χ4v) is 1.90. The van der Waals surface area contributed by atoms with E-state index in [0.717, 1.165) is 5.56 Å². The van der Waals surface area contributed by atoms with Gasteiger partial charge in [0.25, 0.3) is 0 Å². The summed E-state index contributed by atoms with van der Waals surface area (Å²) in [5, 5.41) is 14.5. The molecule has 0 saturated heterocycles. The van der Waals surface area contributed by atoms with Gasteiger partial charge in [-0.05, 0) is 35.5 Å². The number of nitrogens with zero attached hydrogens (tertiary/aromatic N) is 3. The van der Waals surface area contributed by atoms with Crippen LogP contribution in [0.1, 0.15) is 16.7 Å². The SMILES string of the molecule is Cc1ccc(Cn2cc(Cl)c([N+](=O)[O-])n2)cc1C. The van der Waals surface area contributed by atoms with Gasteiger partial charge >= 0.3 is 5.82 Å². The van der Waals surface area contributed by atoms with E-state index in [1.165, 1.54) is 22.0 Å². The van der Waals surface area contributed by atoms with E-state index in [2.05, 4.69) is 5.10 Å². The lowest BCUT2D eigenvalue weighted by Crippen LogP contribution is -2.01. The Balaban J connectivity index is 2.26. The number of hydrogen-bond donors (Lipinski definition) is 0. The van der Waals surface area contributed by atoms with Gasteiger partial charge in [-0.3, -0.25) is 0 Å². The predicted molar refractivity (Wildman–Crippen MR) is 68.9 cm³/mol. The van der Waals surface area contributed by atoms with Crippen LogP contribution in [-0.2, 0) is 6.54 Å². The van der Waals surface area contributed by atoms with Crippen molar-refractivity contribution in [3.05, 3.63) is 56.2 Å². The first-order chi connectivity index (χ1) is 8.47. The van der Waals surface area contributed by atoms with Gasteiger partial charge in [-0.1, -0.05) is 29.8 Å². The van der Waals surface area contributed by atoms with Crippen molar-refractivity contribution in [2.24, 2.45) is 0 Å². The van der Waals surface area contributed by atoms with Gasteiger partial charge in [-0.2, -0.15) is 4.68 Å². The summed E-state index contributed by atoms with van der Waals surface area (Å²) in [7, 11) is 0. The van der Waals surface area contributed by atoms with Crippen molar-refractivity contribution in [1.82, 2.24) is 9.78 Å². The largest absolute Gasteiger partial charge is 0.408 e. The molecule has 5 nitrogen and oxygen atoms in total. The van der Waals surface area contributed by atoms with Crippen LogP contribution in [0.5, 0.6) is 0 Å². The van der Waals surface area contributed by atoms with E-state index in [-0.39, 0.29) is 10.8 Å². The Morgan fingerprint density at radius 2 is 2.11 bits per heavy atom. The number of rotatable bonds is 3. The van der Waals surface area contributed by atoms with E-state index in [1.807, 2.05) is 32.0 Å². The number of halogens is 1. The highest BCUT2D eigenvalue weighted by Crippen LogP contribution is 2.22. The second kappa shape index (κ2) is 4.78. The molecule has 1 aromatic heterocycles. The van der Waals surface area contributed by atoms with Crippen molar-refractivity contribution in [2.45, 2.75) is 20.4 Å². The van der Waals surface area contributed by atoms with Gasteiger partial charge in [-0.15, -0.1) is 0 Å². The highest BCUT2D eigenvalue weighted by Gasteiger charge is 2.18. The van der Waals surface area contributed by atoms with Crippen LogP contribution in [0, 0.1) is 24.0 Å². The molecule has 0 spiro atoms. The molecule has 0 bridgehead atoms. The molecule has 0 amide bonds. The maximum Gasteiger partial charge on any atom is 0.408 e. The second-order valence-electron chi connectivity index (χ2n) is 4.17. The van der Waals surface area contributed by atoms with Crippen LogP contribution in [0.15, 0.2) is 24.4 Å². The summed E-state index contributed by atoms with van der Waals surface area (Å²) in [6, 6.07) is 6.03. The third kappa shape index (κ3) is 2.51. The molecule has 0 aliphatic carbocycles. The van der Waals surface area contributed by atoms with Crippen molar-refractivity contribution in [2.75, 3.05) is 0 Å². The molecule has 2 aromatic rings. The van der Waals surface area contributed by atoms with Crippen LogP contribution in [0.4, 0.5) is 5.82 Å². The molecule has 0 N–H and O–H groups in total. The molecular formula is C12H12ClN3O2. The van der Waals surface area contributed by atoms with Crippen molar-refractivity contribution in [3.63, 3.8) is 0 Å². The Hall–Kier alpha value is -1.88. The summed E-state index contributed by atoms with van der Waals surface area (Å²) in [6.07, 6.45) is 1.47. The van der Waals surface area contributed by atoms with Crippen LogP contribution >= 0.6 is 11.6 Å². The van der Waals surface area contributed by atoms with Crippen LogP contribution in [0.2, 0.25) is 5.02 Å². The lowest BCUT2D eigenvalue weighted by molar-refractivity contribution is -0.389. The molecule has 0 unspecified atom stereocenters. The van der Waals surface area contributed by atoms with Gasteiger partial charge in [0, 0.05) is 0 Å². The summed E-state index contributed by atoms with van der Waals surface area (Å²) in [6.45, 7) is 4.53. The summed E-state index contributed by atoms with van der Waals surface area (Å²) in [4.78, 5) is 10.0. The van der Waals surface area contributed by atoms with Crippen molar-refractivity contribution in [1.29, 1.82) is 0 Å². The molecule has 94 valence electrons. The van der Waals surface area contributed by atoms with Gasteiger partial charge in [0.15, 0.2) is 5.02 Å². The first-order valence-corrected chi connectivity index (χ1v) is 5.78. The van der Waals surface area contributed by atoms with Crippen molar-refractivity contribution in [3.8, 4) is 0 Å². The molecule has 1 aromatic carbocycles. The van der Waals surface area contributed by atoms with Gasteiger partial charge in [-0.25, -0.2) is 0 Å². The minimum atomic E-state index is -0.584. The highest BCUT2D eigenvalue weighted by molar-refractivity contribution is 6.32. The predicted octanol–water partition coefficient (Wildman–Crippen LogP) is 3.11. The lowest BCUT2D eigenvalue weighted by Gasteiger charge is -2.03. The lowest BCUT2D eigenvalue weighted by atomic mass is 10.1. The number of aromatic nitrogens is 2. The third-order valence-electron chi connectivity index (χ3n) is 2.79. The molecule has 1 heterocycles. The number of hydrogen-bond acceptors (Lipinski definition) is 3. The van der Waals surface area contributed by atoms with E-state index < -0.39 is 4.92 Å². The molecule has 0 radical (unpaired) electrons. The molecule has 0 aliphatic rings. The standard InChI is InChI=1S/C12H12ClN3O2/c1-8-3-4-10(5-9(8)2)6-15-7-11(13)12(14-15)16(17)18/h3-5,7H,6H2,1-2H3. The van der Waals surface area contributed by atoms with Gasteiger partial charge in [0.1, 0.15) is 0 Å². The van der Waals surface area contributed by atoms with Crippen molar-refractivity contribution < 1.29 is 4.92 Å². The third-order valence-corrected chi connectivity index (χ3v) is 3.05. The Morgan fingerprint density at radius 3 is 2.67 bits per heavy atom. The molecule has 0 aliphatic heterocycles. The molecule has 2 rings (SSSR count). The zero-order valence-corrected chi connectivity index (χ0v) is 10.8. The minimum Gasteiger partial charge on any atom is -0.358 e. The Bertz CT molecular complexity index is 607. The van der Waals surface area contributed by atoms with Gasteiger partial charge < -0.3 is 10.1 Å². The molecule has 0 atom stereocenters. The first kappa shape index (κ1) is 12.6. The molecular weight excluding hydrogens is 254 g/mol. The number of benzene rings is 1. The fraction of sp³-hybridized carbons (Fsp3) is 0.250. The van der Waals surface area contributed by atoms with E-state index in [0.29, 0.717) is 6.54 Å². The van der Waals surface area contributed by atoms with Gasteiger partial charge in [0.05, 0.1) is 17.8 Å². The van der Waals surface area contributed by atoms with E-state index in [4.69, 9.17) is 11.6 Å². The summed E-state index contributed by atoms with van der Waals surface area (Å²) in [5.41, 5.74) is 3.43. The quantitative estimate of drug-likeness (QED) is 0.633. The molecule has 6 heteroatoms. The average molecular weight is 266 g/mol. The summed E-state index contributed by atoms with van der Waals surface area (Å²) >= 11 is 5.74. The second-order valence-corrected chi connectivity index (χ2v) is 4.58.